The van der Waals surface area contributed by atoms with E-state index in [1.54, 1.807) is 19.5 Å². The zero-order valence-corrected chi connectivity index (χ0v) is 10.6. The Kier molecular flexibility index (Phi) is 3.54. The van der Waals surface area contributed by atoms with E-state index in [0.29, 0.717) is 24.1 Å². The molecule has 2 rings (SSSR count). The standard InChI is InChI=1S/C11H16N6O/c1-7-8(2)17(6-13-7)11-4-9(16-12)14-10(15-11)5-18-3/h4,6H,5,12H2,1-3H3,(H,14,15,16). The summed E-state index contributed by atoms with van der Waals surface area (Å²) in [6, 6.07) is 1.76. The largest absolute Gasteiger partial charge is 0.377 e. The summed E-state index contributed by atoms with van der Waals surface area (Å²) in [5.74, 6) is 7.21. The Morgan fingerprint density at radius 2 is 2.17 bits per heavy atom. The van der Waals surface area contributed by atoms with Crippen LogP contribution in [0.3, 0.4) is 0 Å². The molecule has 0 fully saturated rings. The predicted molar refractivity (Wildman–Crippen MR) is 67.2 cm³/mol. The van der Waals surface area contributed by atoms with E-state index in [1.165, 1.54) is 0 Å². The topological polar surface area (TPSA) is 90.9 Å². The molecular weight excluding hydrogens is 232 g/mol. The molecule has 3 N–H and O–H groups in total. The molecule has 0 aromatic carbocycles. The van der Waals surface area contributed by atoms with Crippen LogP contribution in [0.1, 0.15) is 17.2 Å². The fraction of sp³-hybridized carbons (Fsp3) is 0.364. The van der Waals surface area contributed by atoms with Crippen molar-refractivity contribution in [3.8, 4) is 5.82 Å². The predicted octanol–water partition coefficient (Wildman–Crippen LogP) is 0.711. The van der Waals surface area contributed by atoms with Crippen molar-refractivity contribution in [3.05, 3.63) is 29.6 Å². The fourth-order valence-corrected chi connectivity index (χ4v) is 1.60. The van der Waals surface area contributed by atoms with Crippen LogP contribution in [0.4, 0.5) is 5.82 Å². The number of rotatable bonds is 4. The van der Waals surface area contributed by atoms with Gasteiger partial charge in [-0.3, -0.25) is 4.57 Å². The Hall–Kier alpha value is -1.99. The highest BCUT2D eigenvalue weighted by atomic mass is 16.5. The first-order valence-corrected chi connectivity index (χ1v) is 5.50. The molecule has 0 saturated carbocycles. The number of methoxy groups -OCH3 is 1. The number of nitrogens with two attached hydrogens (primary N) is 1. The minimum absolute atomic E-state index is 0.329. The van der Waals surface area contributed by atoms with Gasteiger partial charge in [-0.25, -0.2) is 20.8 Å². The zero-order chi connectivity index (χ0) is 13.1. The van der Waals surface area contributed by atoms with Crippen molar-refractivity contribution in [2.75, 3.05) is 12.5 Å². The lowest BCUT2D eigenvalue weighted by Crippen LogP contribution is -2.13. The number of hydrazine groups is 1. The smallest absolute Gasteiger partial charge is 0.158 e. The molecule has 0 aliphatic rings. The normalized spacial score (nSPS) is 10.7. The van der Waals surface area contributed by atoms with Crippen molar-refractivity contribution in [2.24, 2.45) is 5.84 Å². The first-order chi connectivity index (χ1) is 8.65. The summed E-state index contributed by atoms with van der Waals surface area (Å²) in [4.78, 5) is 12.8. The lowest BCUT2D eigenvalue weighted by Gasteiger charge is -2.09. The average molecular weight is 248 g/mol. The van der Waals surface area contributed by atoms with Gasteiger partial charge in [0, 0.05) is 18.9 Å². The van der Waals surface area contributed by atoms with Gasteiger partial charge in [-0.1, -0.05) is 0 Å². The Morgan fingerprint density at radius 3 is 2.72 bits per heavy atom. The minimum Gasteiger partial charge on any atom is -0.377 e. The second-order valence-corrected chi connectivity index (χ2v) is 3.89. The molecule has 0 aliphatic carbocycles. The van der Waals surface area contributed by atoms with Crippen LogP contribution in [0.2, 0.25) is 0 Å². The van der Waals surface area contributed by atoms with E-state index < -0.39 is 0 Å². The molecule has 0 spiro atoms. The third-order valence-electron chi connectivity index (χ3n) is 2.68. The lowest BCUT2D eigenvalue weighted by molar-refractivity contribution is 0.178. The fourth-order valence-electron chi connectivity index (χ4n) is 1.60. The van der Waals surface area contributed by atoms with Gasteiger partial charge in [0.15, 0.2) is 5.82 Å². The maximum absolute atomic E-state index is 5.40. The van der Waals surface area contributed by atoms with Crippen molar-refractivity contribution < 1.29 is 4.74 Å². The summed E-state index contributed by atoms with van der Waals surface area (Å²) in [6.07, 6.45) is 1.73. The van der Waals surface area contributed by atoms with Gasteiger partial charge in [-0.05, 0) is 13.8 Å². The van der Waals surface area contributed by atoms with Crippen molar-refractivity contribution in [1.29, 1.82) is 0 Å². The first-order valence-electron chi connectivity index (χ1n) is 5.50. The highest BCUT2D eigenvalue weighted by Gasteiger charge is 2.09. The van der Waals surface area contributed by atoms with Crippen molar-refractivity contribution in [3.63, 3.8) is 0 Å². The summed E-state index contributed by atoms with van der Waals surface area (Å²) < 4.78 is 6.92. The number of nitrogens with zero attached hydrogens (tertiary/aromatic N) is 4. The number of hydrogen-bond acceptors (Lipinski definition) is 6. The quantitative estimate of drug-likeness (QED) is 0.611. The third-order valence-corrected chi connectivity index (χ3v) is 2.68. The molecule has 0 unspecified atom stereocenters. The van der Waals surface area contributed by atoms with Gasteiger partial charge in [-0.15, -0.1) is 0 Å². The number of aromatic nitrogens is 4. The summed E-state index contributed by atoms with van der Waals surface area (Å²) in [5.41, 5.74) is 4.51. The second kappa shape index (κ2) is 5.11. The van der Waals surface area contributed by atoms with Gasteiger partial charge in [-0.2, -0.15) is 0 Å². The molecule has 7 heteroatoms. The highest BCUT2D eigenvalue weighted by Crippen LogP contribution is 2.15. The Labute approximate surface area is 105 Å². The van der Waals surface area contributed by atoms with Gasteiger partial charge in [0.2, 0.25) is 0 Å². The molecule has 2 heterocycles. The Bertz CT molecular complexity index is 550. The summed E-state index contributed by atoms with van der Waals surface area (Å²) >= 11 is 0. The summed E-state index contributed by atoms with van der Waals surface area (Å²) in [5, 5.41) is 0. The van der Waals surface area contributed by atoms with Gasteiger partial charge < -0.3 is 10.2 Å². The van der Waals surface area contributed by atoms with E-state index in [2.05, 4.69) is 20.4 Å². The molecule has 2 aromatic rings. The molecule has 0 aliphatic heterocycles. The number of ether oxygens (including phenoxy) is 1. The maximum atomic E-state index is 5.40. The monoisotopic (exact) mass is 248 g/mol. The summed E-state index contributed by atoms with van der Waals surface area (Å²) in [7, 11) is 1.60. The first kappa shape index (κ1) is 12.5. The van der Waals surface area contributed by atoms with E-state index in [4.69, 9.17) is 10.6 Å². The molecule has 0 radical (unpaired) electrons. The van der Waals surface area contributed by atoms with Gasteiger partial charge >= 0.3 is 0 Å². The molecular formula is C11H16N6O. The number of aryl methyl sites for hydroxylation is 1. The highest BCUT2D eigenvalue weighted by molar-refractivity contribution is 5.41. The number of anilines is 1. The van der Waals surface area contributed by atoms with E-state index in [1.807, 2.05) is 18.4 Å². The van der Waals surface area contributed by atoms with Crippen LogP contribution in [-0.4, -0.2) is 26.6 Å². The zero-order valence-electron chi connectivity index (χ0n) is 10.6. The molecule has 0 amide bonds. The van der Waals surface area contributed by atoms with E-state index in [-0.39, 0.29) is 0 Å². The molecule has 0 saturated heterocycles. The maximum Gasteiger partial charge on any atom is 0.158 e. The number of hydrogen-bond donors (Lipinski definition) is 2. The van der Waals surface area contributed by atoms with Crippen LogP contribution < -0.4 is 11.3 Å². The lowest BCUT2D eigenvalue weighted by atomic mass is 10.3. The third kappa shape index (κ3) is 2.31. The van der Waals surface area contributed by atoms with E-state index >= 15 is 0 Å². The molecule has 0 atom stereocenters. The summed E-state index contributed by atoms with van der Waals surface area (Å²) in [6.45, 7) is 4.26. The average Bonchev–Trinajstić information content (AvgIpc) is 2.70. The molecule has 0 bridgehead atoms. The second-order valence-electron chi connectivity index (χ2n) is 3.89. The molecule has 18 heavy (non-hydrogen) atoms. The molecule has 7 nitrogen and oxygen atoms in total. The van der Waals surface area contributed by atoms with Crippen LogP contribution in [0, 0.1) is 13.8 Å². The van der Waals surface area contributed by atoms with E-state index in [9.17, 15) is 0 Å². The van der Waals surface area contributed by atoms with Crippen LogP contribution in [-0.2, 0) is 11.3 Å². The number of imidazole rings is 1. The Morgan fingerprint density at radius 1 is 1.39 bits per heavy atom. The van der Waals surface area contributed by atoms with Crippen LogP contribution >= 0.6 is 0 Å². The minimum atomic E-state index is 0.329. The Balaban J connectivity index is 2.49. The van der Waals surface area contributed by atoms with Crippen LogP contribution in [0.5, 0.6) is 0 Å². The van der Waals surface area contributed by atoms with Crippen molar-refractivity contribution >= 4 is 5.82 Å². The van der Waals surface area contributed by atoms with Gasteiger partial charge in [0.25, 0.3) is 0 Å². The van der Waals surface area contributed by atoms with Gasteiger partial charge in [0.05, 0.1) is 5.69 Å². The SMILES string of the molecule is COCc1nc(NN)cc(-n2cnc(C)c2C)n1. The van der Waals surface area contributed by atoms with E-state index in [0.717, 1.165) is 11.4 Å². The molecule has 96 valence electrons. The van der Waals surface area contributed by atoms with Gasteiger partial charge in [0.1, 0.15) is 24.6 Å². The van der Waals surface area contributed by atoms with Crippen LogP contribution in [0.25, 0.3) is 5.82 Å². The van der Waals surface area contributed by atoms with Crippen molar-refractivity contribution in [1.82, 2.24) is 19.5 Å². The molecule has 2 aromatic heterocycles. The number of nitrogens with one attached hydrogen (secondary N) is 1. The van der Waals surface area contributed by atoms with Crippen LogP contribution in [0.15, 0.2) is 12.4 Å². The van der Waals surface area contributed by atoms with Crippen molar-refractivity contribution in [2.45, 2.75) is 20.5 Å². The number of nitrogen functional groups attached to an aromatic ring is 1.